The predicted octanol–water partition coefficient (Wildman–Crippen LogP) is 2.06. The van der Waals surface area contributed by atoms with E-state index >= 15 is 0 Å². The van der Waals surface area contributed by atoms with Crippen LogP contribution in [0.25, 0.3) is 10.8 Å². The Kier molecular flexibility index (Phi) is 3.53. The van der Waals surface area contributed by atoms with Crippen LogP contribution in [-0.2, 0) is 9.53 Å². The summed E-state index contributed by atoms with van der Waals surface area (Å²) < 4.78 is 4.55. The highest BCUT2D eigenvalue weighted by Crippen LogP contribution is 2.29. The molecule has 0 aliphatic carbocycles. The van der Waals surface area contributed by atoms with Crippen LogP contribution < -0.4 is 11.1 Å². The first-order valence-corrected chi connectivity index (χ1v) is 5.64. The molecule has 0 unspecified atom stereocenters. The summed E-state index contributed by atoms with van der Waals surface area (Å²) in [5.74, 6) is 0.177. The molecule has 0 saturated heterocycles. The summed E-state index contributed by atoms with van der Waals surface area (Å²) in [5.41, 5.74) is 6.45. The highest BCUT2D eigenvalue weighted by Gasteiger charge is 2.08. The van der Waals surface area contributed by atoms with Crippen molar-refractivity contribution in [1.82, 2.24) is 4.98 Å². The molecular formula is C12H12ClN3O2. The van der Waals surface area contributed by atoms with E-state index in [0.717, 1.165) is 10.8 Å². The minimum atomic E-state index is -0.371. The van der Waals surface area contributed by atoms with Gasteiger partial charge >= 0.3 is 5.97 Å². The molecule has 0 atom stereocenters. The zero-order valence-corrected chi connectivity index (χ0v) is 10.5. The number of nitrogens with one attached hydrogen (secondary N) is 1. The standard InChI is InChI=1S/C12H12ClN3O2/c1-18-11(17)6-16-12-9-4-7(13)5-10(14)8(9)2-3-15-12/h2-5H,6,14H2,1H3,(H,15,16). The van der Waals surface area contributed by atoms with Crippen molar-refractivity contribution in [3.8, 4) is 0 Å². The summed E-state index contributed by atoms with van der Waals surface area (Å²) in [6.45, 7) is 0.0367. The number of methoxy groups -OCH3 is 1. The Hall–Kier alpha value is -2.01. The molecule has 0 saturated carbocycles. The number of aromatic nitrogens is 1. The van der Waals surface area contributed by atoms with Gasteiger partial charge in [-0.1, -0.05) is 11.6 Å². The molecule has 0 fully saturated rings. The predicted molar refractivity (Wildman–Crippen MR) is 71.7 cm³/mol. The Morgan fingerprint density at radius 3 is 3.00 bits per heavy atom. The lowest BCUT2D eigenvalue weighted by Gasteiger charge is -2.09. The van der Waals surface area contributed by atoms with Crippen LogP contribution in [0.3, 0.4) is 0 Å². The number of benzene rings is 1. The third-order valence-electron chi connectivity index (χ3n) is 2.50. The summed E-state index contributed by atoms with van der Waals surface area (Å²) >= 11 is 5.96. The summed E-state index contributed by atoms with van der Waals surface area (Å²) in [5, 5.41) is 5.02. The first kappa shape index (κ1) is 12.4. The molecule has 0 radical (unpaired) electrons. The monoisotopic (exact) mass is 265 g/mol. The van der Waals surface area contributed by atoms with Crippen molar-refractivity contribution in [3.05, 3.63) is 29.4 Å². The highest BCUT2D eigenvalue weighted by atomic mass is 35.5. The van der Waals surface area contributed by atoms with Gasteiger partial charge in [-0.2, -0.15) is 0 Å². The molecule has 0 spiro atoms. The number of rotatable bonds is 3. The van der Waals surface area contributed by atoms with E-state index in [1.54, 1.807) is 24.4 Å². The number of nitrogens with two attached hydrogens (primary N) is 1. The topological polar surface area (TPSA) is 77.2 Å². The first-order valence-electron chi connectivity index (χ1n) is 5.26. The number of nitrogens with zero attached hydrogens (tertiary/aromatic N) is 1. The Bertz CT molecular complexity index is 601. The van der Waals surface area contributed by atoms with E-state index in [-0.39, 0.29) is 12.5 Å². The van der Waals surface area contributed by atoms with Crippen molar-refractivity contribution in [2.24, 2.45) is 0 Å². The quantitative estimate of drug-likeness (QED) is 0.656. The lowest BCUT2D eigenvalue weighted by atomic mass is 10.1. The fraction of sp³-hybridized carbons (Fsp3) is 0.167. The van der Waals surface area contributed by atoms with Crippen molar-refractivity contribution >= 4 is 39.8 Å². The summed E-state index contributed by atoms with van der Waals surface area (Å²) in [6.07, 6.45) is 1.62. The molecular weight excluding hydrogens is 254 g/mol. The molecule has 18 heavy (non-hydrogen) atoms. The van der Waals surface area contributed by atoms with Crippen molar-refractivity contribution in [3.63, 3.8) is 0 Å². The number of carbonyl (C=O) groups excluding carboxylic acids is 1. The molecule has 94 valence electrons. The van der Waals surface area contributed by atoms with Crippen LogP contribution in [0.1, 0.15) is 0 Å². The Labute approximate surface area is 109 Å². The summed E-state index contributed by atoms with van der Waals surface area (Å²) in [4.78, 5) is 15.3. The van der Waals surface area contributed by atoms with Gasteiger partial charge in [-0.3, -0.25) is 4.79 Å². The zero-order chi connectivity index (χ0) is 13.1. The smallest absolute Gasteiger partial charge is 0.325 e. The number of pyridine rings is 1. The number of halogens is 1. The van der Waals surface area contributed by atoms with Gasteiger partial charge in [0.05, 0.1) is 7.11 Å². The van der Waals surface area contributed by atoms with Gasteiger partial charge in [-0.05, 0) is 18.2 Å². The zero-order valence-electron chi connectivity index (χ0n) is 9.74. The van der Waals surface area contributed by atoms with Gasteiger partial charge in [0.15, 0.2) is 0 Å². The fourth-order valence-electron chi connectivity index (χ4n) is 1.65. The van der Waals surface area contributed by atoms with Gasteiger partial charge in [0.1, 0.15) is 12.4 Å². The number of ether oxygens (including phenoxy) is 1. The van der Waals surface area contributed by atoms with Crippen LogP contribution in [0.2, 0.25) is 5.02 Å². The van der Waals surface area contributed by atoms with Crippen LogP contribution in [0.4, 0.5) is 11.5 Å². The van der Waals surface area contributed by atoms with Gasteiger partial charge in [-0.15, -0.1) is 0 Å². The maximum absolute atomic E-state index is 11.1. The fourth-order valence-corrected chi connectivity index (χ4v) is 1.87. The second-order valence-corrected chi connectivity index (χ2v) is 4.12. The second-order valence-electron chi connectivity index (χ2n) is 3.68. The minimum absolute atomic E-state index is 0.0367. The number of fused-ring (bicyclic) bond motifs is 1. The van der Waals surface area contributed by atoms with E-state index in [1.807, 2.05) is 0 Å². The van der Waals surface area contributed by atoms with Crippen LogP contribution in [0, 0.1) is 0 Å². The van der Waals surface area contributed by atoms with Crippen molar-refractivity contribution in [2.75, 3.05) is 24.7 Å². The molecule has 1 aromatic carbocycles. The number of nitrogen functional groups attached to an aromatic ring is 1. The van der Waals surface area contributed by atoms with E-state index < -0.39 is 0 Å². The SMILES string of the molecule is COC(=O)CNc1nccc2c(N)cc(Cl)cc12. The Morgan fingerprint density at radius 2 is 2.28 bits per heavy atom. The van der Waals surface area contributed by atoms with Crippen LogP contribution in [-0.4, -0.2) is 24.6 Å². The number of esters is 1. The number of anilines is 2. The molecule has 3 N–H and O–H groups in total. The lowest BCUT2D eigenvalue weighted by molar-refractivity contribution is -0.138. The molecule has 0 bridgehead atoms. The van der Waals surface area contributed by atoms with Gasteiger partial charge in [0, 0.05) is 27.7 Å². The Morgan fingerprint density at radius 1 is 1.50 bits per heavy atom. The third-order valence-corrected chi connectivity index (χ3v) is 2.72. The molecule has 6 heteroatoms. The molecule has 0 aliphatic rings. The van der Waals surface area contributed by atoms with Gasteiger partial charge in [-0.25, -0.2) is 4.98 Å². The molecule has 2 rings (SSSR count). The first-order chi connectivity index (χ1) is 8.61. The van der Waals surface area contributed by atoms with Crippen molar-refractivity contribution < 1.29 is 9.53 Å². The largest absolute Gasteiger partial charge is 0.468 e. The van der Waals surface area contributed by atoms with E-state index in [2.05, 4.69) is 15.0 Å². The maximum Gasteiger partial charge on any atom is 0.325 e. The second kappa shape index (κ2) is 5.10. The average Bonchev–Trinajstić information content (AvgIpc) is 2.36. The molecule has 2 aromatic rings. The molecule has 5 nitrogen and oxygen atoms in total. The molecule has 1 heterocycles. The lowest BCUT2D eigenvalue weighted by Crippen LogP contribution is -2.15. The molecule has 0 amide bonds. The number of carbonyl (C=O) groups is 1. The summed E-state index contributed by atoms with van der Waals surface area (Å²) in [6, 6.07) is 5.22. The van der Waals surface area contributed by atoms with Gasteiger partial charge in [0.2, 0.25) is 0 Å². The Balaban J connectivity index is 2.41. The van der Waals surface area contributed by atoms with Crippen LogP contribution in [0.5, 0.6) is 0 Å². The minimum Gasteiger partial charge on any atom is -0.468 e. The molecule has 0 aliphatic heterocycles. The number of hydrogen-bond donors (Lipinski definition) is 2. The number of hydrogen-bond acceptors (Lipinski definition) is 5. The maximum atomic E-state index is 11.1. The van der Waals surface area contributed by atoms with E-state index in [4.69, 9.17) is 17.3 Å². The highest BCUT2D eigenvalue weighted by molar-refractivity contribution is 6.32. The summed E-state index contributed by atoms with van der Waals surface area (Å²) in [7, 11) is 1.33. The van der Waals surface area contributed by atoms with E-state index in [0.29, 0.717) is 16.5 Å². The van der Waals surface area contributed by atoms with E-state index in [9.17, 15) is 4.79 Å². The van der Waals surface area contributed by atoms with Crippen molar-refractivity contribution in [2.45, 2.75) is 0 Å². The molecule has 1 aromatic heterocycles. The van der Waals surface area contributed by atoms with Crippen LogP contribution >= 0.6 is 11.6 Å². The van der Waals surface area contributed by atoms with Gasteiger partial charge in [0.25, 0.3) is 0 Å². The third kappa shape index (κ3) is 2.46. The normalized spacial score (nSPS) is 10.3. The van der Waals surface area contributed by atoms with Gasteiger partial charge < -0.3 is 15.8 Å². The van der Waals surface area contributed by atoms with E-state index in [1.165, 1.54) is 7.11 Å². The van der Waals surface area contributed by atoms with Crippen LogP contribution in [0.15, 0.2) is 24.4 Å². The average molecular weight is 266 g/mol. The van der Waals surface area contributed by atoms with Crippen molar-refractivity contribution in [1.29, 1.82) is 0 Å².